The molecule has 166 valence electrons. The predicted octanol–water partition coefficient (Wildman–Crippen LogP) is 4.34. The Balaban J connectivity index is 1.54. The highest BCUT2D eigenvalue weighted by molar-refractivity contribution is 5.75. The largest absolute Gasteiger partial charge is 0.497 e. The number of aromatic amines is 1. The Bertz CT molecular complexity index is 1280. The summed E-state index contributed by atoms with van der Waals surface area (Å²) in [5.41, 5.74) is 5.16. The summed E-state index contributed by atoms with van der Waals surface area (Å²) in [7, 11) is 3.35. The molecule has 8 nitrogen and oxygen atoms in total. The highest BCUT2D eigenvalue weighted by Gasteiger charge is 2.17. The fourth-order valence-corrected chi connectivity index (χ4v) is 3.88. The van der Waals surface area contributed by atoms with E-state index in [0.717, 1.165) is 45.2 Å². The third-order valence-electron chi connectivity index (χ3n) is 5.59. The summed E-state index contributed by atoms with van der Waals surface area (Å²) in [4.78, 5) is 6.93. The van der Waals surface area contributed by atoms with E-state index in [-0.39, 0.29) is 0 Å². The summed E-state index contributed by atoms with van der Waals surface area (Å²) < 4.78 is 12.5. The van der Waals surface area contributed by atoms with Crippen molar-refractivity contribution < 1.29 is 9.47 Å². The van der Waals surface area contributed by atoms with Crippen molar-refractivity contribution in [3.05, 3.63) is 90.5 Å². The molecule has 33 heavy (non-hydrogen) atoms. The molecule has 0 saturated carbocycles. The number of hydrogen-bond acceptors (Lipinski definition) is 6. The van der Waals surface area contributed by atoms with E-state index in [1.54, 1.807) is 26.7 Å². The number of H-pyrrole nitrogens is 1. The maximum absolute atomic E-state index is 5.31. The first-order chi connectivity index (χ1) is 16.2. The third-order valence-corrected chi connectivity index (χ3v) is 5.59. The summed E-state index contributed by atoms with van der Waals surface area (Å²) in [6, 6.07) is 20.3. The molecule has 0 fully saturated rings. The monoisotopic (exact) mass is 440 g/mol. The van der Waals surface area contributed by atoms with E-state index in [0.29, 0.717) is 13.1 Å². The van der Waals surface area contributed by atoms with Crippen LogP contribution in [0.15, 0.2) is 79.4 Å². The number of ether oxygens (including phenoxy) is 2. The van der Waals surface area contributed by atoms with Crippen LogP contribution in [0.3, 0.4) is 0 Å². The van der Waals surface area contributed by atoms with Crippen molar-refractivity contribution in [1.29, 1.82) is 0 Å². The molecule has 0 aliphatic carbocycles. The van der Waals surface area contributed by atoms with Crippen LogP contribution in [0.4, 0.5) is 5.82 Å². The average Bonchev–Trinajstić information content (AvgIpc) is 3.54. The zero-order chi connectivity index (χ0) is 22.6. The quantitative estimate of drug-likeness (QED) is 0.387. The topological polar surface area (TPSA) is 80.6 Å². The molecule has 0 bridgehead atoms. The van der Waals surface area contributed by atoms with Gasteiger partial charge < -0.3 is 14.4 Å². The van der Waals surface area contributed by atoms with E-state index in [1.165, 1.54) is 0 Å². The fraction of sp³-hybridized carbons (Fsp3) is 0.160. The highest BCUT2D eigenvalue weighted by atomic mass is 16.5. The number of fused-ring (bicyclic) bond motifs is 1. The summed E-state index contributed by atoms with van der Waals surface area (Å²) in [5.74, 6) is 2.52. The standard InChI is InChI=1S/C25H24N6O2/c1-32-21-7-3-18(4-8-21)15-30(16-19-5-9-22(33-2)10-6-19)25-24-12-11-23(20-13-27-28-14-20)31(24)29-17-26-25/h3-14,17H,15-16H2,1-2H3,(H,27,28). The minimum absolute atomic E-state index is 0.676. The second kappa shape index (κ2) is 9.04. The molecule has 0 aliphatic rings. The predicted molar refractivity (Wildman–Crippen MR) is 126 cm³/mol. The molecule has 5 aromatic rings. The molecule has 0 atom stereocenters. The van der Waals surface area contributed by atoms with Gasteiger partial charge in [0.2, 0.25) is 0 Å². The maximum Gasteiger partial charge on any atom is 0.157 e. The molecule has 0 saturated heterocycles. The van der Waals surface area contributed by atoms with Gasteiger partial charge in [0.25, 0.3) is 0 Å². The van der Waals surface area contributed by atoms with Crippen LogP contribution in [0, 0.1) is 0 Å². The van der Waals surface area contributed by atoms with Gasteiger partial charge in [0, 0.05) is 24.8 Å². The lowest BCUT2D eigenvalue weighted by Crippen LogP contribution is -2.24. The van der Waals surface area contributed by atoms with Crippen LogP contribution in [0.25, 0.3) is 16.8 Å². The molecule has 3 heterocycles. The van der Waals surface area contributed by atoms with E-state index in [1.807, 2.05) is 47.1 Å². The minimum Gasteiger partial charge on any atom is -0.497 e. The van der Waals surface area contributed by atoms with Gasteiger partial charge in [-0.05, 0) is 47.5 Å². The molecular weight excluding hydrogens is 416 g/mol. The van der Waals surface area contributed by atoms with Crippen molar-refractivity contribution in [3.8, 4) is 22.8 Å². The smallest absolute Gasteiger partial charge is 0.157 e. The lowest BCUT2D eigenvalue weighted by molar-refractivity contribution is 0.414. The Morgan fingerprint density at radius 2 is 1.48 bits per heavy atom. The van der Waals surface area contributed by atoms with Crippen molar-refractivity contribution in [1.82, 2.24) is 24.8 Å². The van der Waals surface area contributed by atoms with Crippen LogP contribution in [-0.2, 0) is 13.1 Å². The molecule has 0 amide bonds. The van der Waals surface area contributed by atoms with Crippen LogP contribution >= 0.6 is 0 Å². The highest BCUT2D eigenvalue weighted by Crippen LogP contribution is 2.28. The number of rotatable bonds is 8. The Labute approximate surface area is 191 Å². The van der Waals surface area contributed by atoms with Crippen molar-refractivity contribution >= 4 is 11.3 Å². The van der Waals surface area contributed by atoms with E-state index in [4.69, 9.17) is 9.47 Å². The molecule has 5 rings (SSSR count). The van der Waals surface area contributed by atoms with Gasteiger partial charge >= 0.3 is 0 Å². The van der Waals surface area contributed by atoms with E-state index >= 15 is 0 Å². The lowest BCUT2D eigenvalue weighted by atomic mass is 10.1. The average molecular weight is 441 g/mol. The Morgan fingerprint density at radius 3 is 2.03 bits per heavy atom. The molecule has 0 radical (unpaired) electrons. The first-order valence-electron chi connectivity index (χ1n) is 10.6. The van der Waals surface area contributed by atoms with Gasteiger partial charge in [0.1, 0.15) is 23.3 Å². The van der Waals surface area contributed by atoms with E-state index in [9.17, 15) is 0 Å². The Morgan fingerprint density at radius 1 is 0.848 bits per heavy atom. The maximum atomic E-state index is 5.31. The number of anilines is 1. The first kappa shape index (κ1) is 20.6. The summed E-state index contributed by atoms with van der Waals surface area (Å²) in [6.45, 7) is 1.35. The summed E-state index contributed by atoms with van der Waals surface area (Å²) >= 11 is 0. The summed E-state index contributed by atoms with van der Waals surface area (Å²) in [6.07, 6.45) is 5.24. The number of methoxy groups -OCH3 is 2. The first-order valence-corrected chi connectivity index (χ1v) is 10.6. The number of benzene rings is 2. The van der Waals surface area contributed by atoms with Crippen molar-refractivity contribution in [2.45, 2.75) is 13.1 Å². The van der Waals surface area contributed by atoms with Crippen molar-refractivity contribution in [3.63, 3.8) is 0 Å². The third kappa shape index (κ3) is 4.23. The number of hydrogen-bond donors (Lipinski definition) is 1. The van der Waals surface area contributed by atoms with Crippen LogP contribution in [-0.4, -0.2) is 39.0 Å². The molecule has 0 aliphatic heterocycles. The molecule has 2 aromatic carbocycles. The van der Waals surface area contributed by atoms with Gasteiger partial charge in [-0.3, -0.25) is 5.10 Å². The van der Waals surface area contributed by atoms with E-state index in [2.05, 4.69) is 49.4 Å². The number of aromatic nitrogens is 5. The Hall–Kier alpha value is -4.33. The van der Waals surface area contributed by atoms with Gasteiger partial charge in [-0.1, -0.05) is 24.3 Å². The van der Waals surface area contributed by atoms with Crippen molar-refractivity contribution in [2.75, 3.05) is 19.1 Å². The normalized spacial score (nSPS) is 11.0. The molecule has 0 unspecified atom stereocenters. The fourth-order valence-electron chi connectivity index (χ4n) is 3.88. The van der Waals surface area contributed by atoms with Gasteiger partial charge in [-0.2, -0.15) is 10.2 Å². The second-order valence-electron chi connectivity index (χ2n) is 7.64. The van der Waals surface area contributed by atoms with Gasteiger partial charge in [0.15, 0.2) is 5.82 Å². The minimum atomic E-state index is 0.676. The van der Waals surface area contributed by atoms with Crippen molar-refractivity contribution in [2.24, 2.45) is 0 Å². The van der Waals surface area contributed by atoms with Gasteiger partial charge in [-0.25, -0.2) is 9.50 Å². The number of nitrogens with one attached hydrogen (secondary N) is 1. The molecule has 3 aromatic heterocycles. The van der Waals surface area contributed by atoms with Crippen LogP contribution in [0.5, 0.6) is 11.5 Å². The zero-order valence-corrected chi connectivity index (χ0v) is 18.5. The van der Waals surface area contributed by atoms with E-state index < -0.39 is 0 Å². The van der Waals surface area contributed by atoms with Crippen LogP contribution < -0.4 is 14.4 Å². The molecule has 0 spiro atoms. The van der Waals surface area contributed by atoms with Gasteiger partial charge in [-0.15, -0.1) is 0 Å². The van der Waals surface area contributed by atoms with Crippen LogP contribution in [0.2, 0.25) is 0 Å². The molecule has 8 heteroatoms. The zero-order valence-electron chi connectivity index (χ0n) is 18.5. The number of nitrogens with zero attached hydrogens (tertiary/aromatic N) is 5. The second-order valence-corrected chi connectivity index (χ2v) is 7.64. The summed E-state index contributed by atoms with van der Waals surface area (Å²) in [5, 5.41) is 11.4. The molecular formula is C25H24N6O2. The Kier molecular flexibility index (Phi) is 5.63. The molecule has 1 N–H and O–H groups in total. The van der Waals surface area contributed by atoms with Crippen LogP contribution in [0.1, 0.15) is 11.1 Å². The lowest BCUT2D eigenvalue weighted by Gasteiger charge is -2.25. The van der Waals surface area contributed by atoms with Gasteiger partial charge in [0.05, 0.1) is 26.1 Å². The SMILES string of the molecule is COc1ccc(CN(Cc2ccc(OC)cc2)c2ncnn3c(-c4cn[nH]c4)ccc23)cc1.